The summed E-state index contributed by atoms with van der Waals surface area (Å²) >= 11 is 6.00. The van der Waals surface area contributed by atoms with Crippen molar-refractivity contribution in [1.82, 2.24) is 5.32 Å². The molecule has 2 aromatic carbocycles. The third kappa shape index (κ3) is 4.57. The van der Waals surface area contributed by atoms with Gasteiger partial charge >= 0.3 is 5.97 Å². The predicted molar refractivity (Wildman–Crippen MR) is 103 cm³/mol. The van der Waals surface area contributed by atoms with E-state index in [9.17, 15) is 4.79 Å². The van der Waals surface area contributed by atoms with E-state index >= 15 is 0 Å². The number of carbonyl (C=O) groups excluding carboxylic acids is 1. The van der Waals surface area contributed by atoms with E-state index in [1.165, 1.54) is 5.56 Å². The van der Waals surface area contributed by atoms with Crippen LogP contribution in [-0.4, -0.2) is 24.7 Å². The minimum Gasteiger partial charge on any atom is -0.489 e. The molecule has 0 unspecified atom stereocenters. The molecule has 0 saturated heterocycles. The standard InChI is InChI=1S/C21H24ClNO3/c1-2-25-21(24)18-9-8-17(12-16(18)13-22)26-20-11-10-19(20)23-14-15-6-4-3-5-7-15/h3-9,12,19-20,23H,2,10-11,13-14H2,1H3/t19-,20-/m1/s1. The van der Waals surface area contributed by atoms with Gasteiger partial charge in [0.25, 0.3) is 0 Å². The molecule has 5 heteroatoms. The third-order valence-corrected chi connectivity index (χ3v) is 4.91. The maximum Gasteiger partial charge on any atom is 0.338 e. The predicted octanol–water partition coefficient (Wildman–Crippen LogP) is 4.30. The first-order valence-corrected chi connectivity index (χ1v) is 9.54. The van der Waals surface area contributed by atoms with Crippen molar-refractivity contribution in [2.24, 2.45) is 0 Å². The smallest absolute Gasteiger partial charge is 0.338 e. The SMILES string of the molecule is CCOC(=O)c1ccc(O[C@@H]2CC[C@H]2NCc2ccccc2)cc1CCl. The van der Waals surface area contributed by atoms with Crippen molar-refractivity contribution in [1.29, 1.82) is 0 Å². The second-order valence-electron chi connectivity index (χ2n) is 6.38. The Bertz CT molecular complexity index is 735. The largest absolute Gasteiger partial charge is 0.489 e. The van der Waals surface area contributed by atoms with Gasteiger partial charge in [0.15, 0.2) is 0 Å². The summed E-state index contributed by atoms with van der Waals surface area (Å²) in [6, 6.07) is 16.1. The number of rotatable bonds is 8. The van der Waals surface area contributed by atoms with Crippen LogP contribution < -0.4 is 10.1 Å². The highest BCUT2D eigenvalue weighted by Crippen LogP contribution is 2.28. The van der Waals surface area contributed by atoms with Crippen LogP contribution in [0.2, 0.25) is 0 Å². The molecule has 0 amide bonds. The van der Waals surface area contributed by atoms with Gasteiger partial charge in [0, 0.05) is 18.5 Å². The molecule has 1 aliphatic carbocycles. The number of carbonyl (C=O) groups is 1. The highest BCUT2D eigenvalue weighted by atomic mass is 35.5. The first-order valence-electron chi connectivity index (χ1n) is 9.01. The van der Waals surface area contributed by atoms with Crippen LogP contribution in [0.3, 0.4) is 0 Å². The van der Waals surface area contributed by atoms with Gasteiger partial charge in [-0.3, -0.25) is 0 Å². The second-order valence-corrected chi connectivity index (χ2v) is 6.65. The molecule has 0 heterocycles. The van der Waals surface area contributed by atoms with Crippen LogP contribution in [0.15, 0.2) is 48.5 Å². The van der Waals surface area contributed by atoms with Gasteiger partial charge in [-0.1, -0.05) is 30.3 Å². The number of nitrogens with one attached hydrogen (secondary N) is 1. The van der Waals surface area contributed by atoms with E-state index in [1.54, 1.807) is 13.0 Å². The van der Waals surface area contributed by atoms with Crippen LogP contribution >= 0.6 is 11.6 Å². The van der Waals surface area contributed by atoms with Crippen LogP contribution in [0.5, 0.6) is 5.75 Å². The van der Waals surface area contributed by atoms with Crippen molar-refractivity contribution in [2.45, 2.75) is 44.3 Å². The lowest BCUT2D eigenvalue weighted by molar-refractivity contribution is 0.0525. The molecule has 3 rings (SSSR count). The summed E-state index contributed by atoms with van der Waals surface area (Å²) in [7, 11) is 0. The molecule has 1 aliphatic rings. The van der Waals surface area contributed by atoms with Crippen LogP contribution in [0.25, 0.3) is 0 Å². The van der Waals surface area contributed by atoms with E-state index < -0.39 is 0 Å². The summed E-state index contributed by atoms with van der Waals surface area (Å²) < 4.78 is 11.2. The Kier molecular flexibility index (Phi) is 6.53. The maximum absolute atomic E-state index is 12.0. The molecule has 4 nitrogen and oxygen atoms in total. The molecule has 0 spiro atoms. The highest BCUT2D eigenvalue weighted by Gasteiger charge is 2.32. The zero-order valence-electron chi connectivity index (χ0n) is 14.9. The average molecular weight is 374 g/mol. The lowest BCUT2D eigenvalue weighted by Crippen LogP contribution is -2.50. The van der Waals surface area contributed by atoms with Gasteiger partial charge in [-0.05, 0) is 49.1 Å². The second kappa shape index (κ2) is 9.06. The highest BCUT2D eigenvalue weighted by molar-refractivity contribution is 6.17. The Morgan fingerprint density at radius 2 is 2.00 bits per heavy atom. The van der Waals surface area contributed by atoms with Crippen LogP contribution in [0.1, 0.15) is 41.3 Å². The van der Waals surface area contributed by atoms with E-state index in [1.807, 2.05) is 30.3 Å². The minimum absolute atomic E-state index is 0.135. The molecular formula is C21H24ClNO3. The van der Waals surface area contributed by atoms with E-state index in [2.05, 4.69) is 17.4 Å². The van der Waals surface area contributed by atoms with Crippen LogP contribution in [-0.2, 0) is 17.2 Å². The van der Waals surface area contributed by atoms with Gasteiger partial charge in [0.1, 0.15) is 11.9 Å². The fourth-order valence-corrected chi connectivity index (χ4v) is 3.25. The Hall–Kier alpha value is -2.04. The van der Waals surface area contributed by atoms with Gasteiger partial charge in [-0.15, -0.1) is 11.6 Å². The molecule has 0 aliphatic heterocycles. The molecule has 1 fully saturated rings. The zero-order chi connectivity index (χ0) is 18.4. The topological polar surface area (TPSA) is 47.6 Å². The van der Waals surface area contributed by atoms with Crippen molar-refractivity contribution in [3.05, 3.63) is 65.2 Å². The summed E-state index contributed by atoms with van der Waals surface area (Å²) in [5, 5.41) is 3.56. The summed E-state index contributed by atoms with van der Waals surface area (Å²) in [5.74, 6) is 0.636. The quantitative estimate of drug-likeness (QED) is 0.553. The molecule has 2 atom stereocenters. The van der Waals surface area contributed by atoms with Gasteiger partial charge in [0.05, 0.1) is 12.2 Å². The molecule has 0 bridgehead atoms. The molecular weight excluding hydrogens is 350 g/mol. The van der Waals surface area contributed by atoms with E-state index in [4.69, 9.17) is 21.1 Å². The molecule has 1 N–H and O–H groups in total. The summed E-state index contributed by atoms with van der Waals surface area (Å²) in [4.78, 5) is 12.0. The van der Waals surface area contributed by atoms with E-state index in [0.717, 1.165) is 30.7 Å². The number of alkyl halides is 1. The number of benzene rings is 2. The third-order valence-electron chi connectivity index (χ3n) is 4.63. The van der Waals surface area contributed by atoms with E-state index in [0.29, 0.717) is 18.2 Å². The Labute approximate surface area is 159 Å². The van der Waals surface area contributed by atoms with Gasteiger partial charge < -0.3 is 14.8 Å². The van der Waals surface area contributed by atoms with Crippen molar-refractivity contribution < 1.29 is 14.3 Å². The fraction of sp³-hybridized carbons (Fsp3) is 0.381. The summed E-state index contributed by atoms with van der Waals surface area (Å²) in [6.45, 7) is 2.96. The van der Waals surface area contributed by atoms with E-state index in [-0.39, 0.29) is 18.0 Å². The van der Waals surface area contributed by atoms with Gasteiger partial charge in [-0.2, -0.15) is 0 Å². The monoisotopic (exact) mass is 373 g/mol. The first-order chi connectivity index (χ1) is 12.7. The van der Waals surface area contributed by atoms with Gasteiger partial charge in [0.2, 0.25) is 0 Å². The Balaban J connectivity index is 1.59. The van der Waals surface area contributed by atoms with Crippen molar-refractivity contribution in [3.8, 4) is 5.75 Å². The normalized spacial score (nSPS) is 18.8. The molecule has 2 aromatic rings. The molecule has 1 saturated carbocycles. The fourth-order valence-electron chi connectivity index (χ4n) is 3.03. The summed E-state index contributed by atoms with van der Waals surface area (Å²) in [6.07, 6.45) is 2.25. The van der Waals surface area contributed by atoms with Gasteiger partial charge in [-0.25, -0.2) is 4.79 Å². The van der Waals surface area contributed by atoms with Crippen LogP contribution in [0, 0.1) is 0 Å². The molecule has 0 aromatic heterocycles. The Morgan fingerprint density at radius 1 is 1.19 bits per heavy atom. The first kappa shape index (κ1) is 18.7. The number of halogens is 1. The Morgan fingerprint density at radius 3 is 2.65 bits per heavy atom. The lowest BCUT2D eigenvalue weighted by atomic mass is 9.88. The number of hydrogen-bond donors (Lipinski definition) is 1. The van der Waals surface area contributed by atoms with Crippen molar-refractivity contribution in [2.75, 3.05) is 6.61 Å². The molecule has 138 valence electrons. The number of esters is 1. The minimum atomic E-state index is -0.347. The lowest BCUT2D eigenvalue weighted by Gasteiger charge is -2.37. The molecule has 26 heavy (non-hydrogen) atoms. The van der Waals surface area contributed by atoms with Crippen molar-refractivity contribution >= 4 is 17.6 Å². The number of hydrogen-bond acceptors (Lipinski definition) is 4. The maximum atomic E-state index is 12.0. The van der Waals surface area contributed by atoms with Crippen LogP contribution in [0.4, 0.5) is 0 Å². The zero-order valence-corrected chi connectivity index (χ0v) is 15.7. The number of ether oxygens (including phenoxy) is 2. The molecule has 0 radical (unpaired) electrons. The summed E-state index contributed by atoms with van der Waals surface area (Å²) in [5.41, 5.74) is 2.50. The van der Waals surface area contributed by atoms with Crippen molar-refractivity contribution in [3.63, 3.8) is 0 Å². The average Bonchev–Trinajstić information content (AvgIpc) is 2.66.